The minimum Gasteiger partial charge on any atom is -0.490 e. The van der Waals surface area contributed by atoms with Crippen LogP contribution in [-0.4, -0.2) is 6.10 Å². The molecule has 0 heterocycles. The number of ether oxygens (including phenoxy) is 1. The first-order valence-corrected chi connectivity index (χ1v) is 8.59. The summed E-state index contributed by atoms with van der Waals surface area (Å²) in [5.74, 6) is 3.87. The topological polar surface area (TPSA) is 9.23 Å². The third-order valence-electron chi connectivity index (χ3n) is 5.82. The van der Waals surface area contributed by atoms with Gasteiger partial charge in [0.15, 0.2) is 0 Å². The van der Waals surface area contributed by atoms with Crippen LogP contribution in [0.4, 0.5) is 0 Å². The molecule has 1 aliphatic rings. The van der Waals surface area contributed by atoms with Crippen molar-refractivity contribution in [3.8, 4) is 5.75 Å². The number of benzene rings is 1. The summed E-state index contributed by atoms with van der Waals surface area (Å²) in [5, 5.41) is 0. The Hall–Kier alpha value is -0.980. The van der Waals surface area contributed by atoms with E-state index in [0.717, 1.165) is 17.6 Å². The summed E-state index contributed by atoms with van der Waals surface area (Å²) in [6, 6.07) is 4.48. The van der Waals surface area contributed by atoms with Crippen LogP contribution in [0.1, 0.15) is 70.1 Å². The van der Waals surface area contributed by atoms with Crippen LogP contribution in [0.15, 0.2) is 12.1 Å². The summed E-state index contributed by atoms with van der Waals surface area (Å²) in [6.45, 7) is 16.0. The van der Waals surface area contributed by atoms with Crippen LogP contribution in [0, 0.1) is 31.6 Å². The number of hydrogen-bond donors (Lipinski definition) is 0. The molecule has 1 aromatic rings. The average molecular weight is 288 g/mol. The molecule has 0 bridgehead atoms. The van der Waals surface area contributed by atoms with Gasteiger partial charge in [-0.05, 0) is 67.1 Å². The van der Waals surface area contributed by atoms with Crippen molar-refractivity contribution in [2.45, 2.75) is 73.3 Å². The highest BCUT2D eigenvalue weighted by molar-refractivity contribution is 5.46. The van der Waals surface area contributed by atoms with Crippen LogP contribution >= 0.6 is 0 Å². The number of aryl methyl sites for hydroxylation is 1. The van der Waals surface area contributed by atoms with Crippen molar-refractivity contribution < 1.29 is 4.74 Å². The molecule has 1 saturated carbocycles. The van der Waals surface area contributed by atoms with Crippen molar-refractivity contribution in [2.24, 2.45) is 17.8 Å². The summed E-state index contributed by atoms with van der Waals surface area (Å²) in [6.07, 6.45) is 2.85. The van der Waals surface area contributed by atoms with Crippen molar-refractivity contribution >= 4 is 0 Å². The molecule has 4 atom stereocenters. The van der Waals surface area contributed by atoms with Gasteiger partial charge in [-0.3, -0.25) is 0 Å². The Kier molecular flexibility index (Phi) is 5.01. The van der Waals surface area contributed by atoms with Gasteiger partial charge in [0.2, 0.25) is 0 Å². The second-order valence-corrected chi connectivity index (χ2v) is 7.51. The Bertz CT molecular complexity index is 489. The molecular weight excluding hydrogens is 256 g/mol. The molecule has 0 N–H and O–H groups in total. The molecule has 1 aliphatic carbocycles. The van der Waals surface area contributed by atoms with Crippen molar-refractivity contribution in [3.05, 3.63) is 28.8 Å². The van der Waals surface area contributed by atoms with E-state index in [0.29, 0.717) is 17.9 Å². The summed E-state index contributed by atoms with van der Waals surface area (Å²) in [7, 11) is 0. The second-order valence-electron chi connectivity index (χ2n) is 7.51. The van der Waals surface area contributed by atoms with Gasteiger partial charge >= 0.3 is 0 Å². The standard InChI is InChI=1S/C20H32O/c1-12(2)18-10-8-14(4)16(6)20(18)21-19-11-9-13(3)15(5)17(19)7/h8,10,12-13,15,17,19H,9,11H2,1-7H3. The van der Waals surface area contributed by atoms with E-state index in [-0.39, 0.29) is 0 Å². The van der Waals surface area contributed by atoms with Gasteiger partial charge in [-0.1, -0.05) is 46.8 Å². The predicted octanol–water partition coefficient (Wildman–Crippen LogP) is 5.88. The van der Waals surface area contributed by atoms with Crippen molar-refractivity contribution in [2.75, 3.05) is 0 Å². The first-order chi connectivity index (χ1) is 9.82. The summed E-state index contributed by atoms with van der Waals surface area (Å²) < 4.78 is 6.59. The lowest BCUT2D eigenvalue weighted by Gasteiger charge is -2.39. The first-order valence-electron chi connectivity index (χ1n) is 8.59. The zero-order valence-corrected chi connectivity index (χ0v) is 14.9. The molecule has 1 heteroatoms. The van der Waals surface area contributed by atoms with Gasteiger partial charge in [0.25, 0.3) is 0 Å². The highest BCUT2D eigenvalue weighted by Gasteiger charge is 2.33. The van der Waals surface area contributed by atoms with E-state index in [1.807, 2.05) is 0 Å². The Morgan fingerprint density at radius 3 is 2.29 bits per heavy atom. The third kappa shape index (κ3) is 3.27. The number of hydrogen-bond acceptors (Lipinski definition) is 1. The first kappa shape index (κ1) is 16.4. The van der Waals surface area contributed by atoms with Crippen molar-refractivity contribution in [3.63, 3.8) is 0 Å². The minimum absolute atomic E-state index is 0.370. The molecule has 0 amide bonds. The zero-order valence-electron chi connectivity index (χ0n) is 14.9. The third-order valence-corrected chi connectivity index (χ3v) is 5.82. The van der Waals surface area contributed by atoms with Gasteiger partial charge < -0.3 is 4.74 Å². The molecule has 21 heavy (non-hydrogen) atoms. The summed E-state index contributed by atoms with van der Waals surface area (Å²) >= 11 is 0. The van der Waals surface area contributed by atoms with E-state index in [2.05, 4.69) is 60.6 Å². The van der Waals surface area contributed by atoms with Gasteiger partial charge in [0, 0.05) is 0 Å². The molecule has 0 saturated heterocycles. The van der Waals surface area contributed by atoms with E-state index < -0.39 is 0 Å². The fourth-order valence-corrected chi connectivity index (χ4v) is 3.55. The molecule has 0 aromatic heterocycles. The van der Waals surface area contributed by atoms with E-state index >= 15 is 0 Å². The molecule has 1 aromatic carbocycles. The van der Waals surface area contributed by atoms with Gasteiger partial charge in [0.05, 0.1) is 0 Å². The molecular formula is C20H32O. The van der Waals surface area contributed by atoms with Crippen LogP contribution in [0.5, 0.6) is 5.75 Å². The van der Waals surface area contributed by atoms with Crippen LogP contribution in [0.25, 0.3) is 0 Å². The molecule has 118 valence electrons. The van der Waals surface area contributed by atoms with Gasteiger partial charge in [-0.2, -0.15) is 0 Å². The second kappa shape index (κ2) is 6.42. The maximum atomic E-state index is 6.59. The molecule has 1 nitrogen and oxygen atoms in total. The fourth-order valence-electron chi connectivity index (χ4n) is 3.55. The van der Waals surface area contributed by atoms with Gasteiger partial charge in [0.1, 0.15) is 11.9 Å². The van der Waals surface area contributed by atoms with Crippen LogP contribution in [-0.2, 0) is 0 Å². The van der Waals surface area contributed by atoms with Crippen LogP contribution in [0.3, 0.4) is 0 Å². The van der Waals surface area contributed by atoms with E-state index in [1.165, 1.54) is 29.5 Å². The largest absolute Gasteiger partial charge is 0.490 e. The zero-order chi connectivity index (χ0) is 15.7. The predicted molar refractivity (Wildman–Crippen MR) is 91.1 cm³/mol. The fraction of sp³-hybridized carbons (Fsp3) is 0.700. The van der Waals surface area contributed by atoms with Crippen LogP contribution < -0.4 is 4.74 Å². The smallest absolute Gasteiger partial charge is 0.126 e. The van der Waals surface area contributed by atoms with Crippen molar-refractivity contribution in [1.29, 1.82) is 0 Å². The van der Waals surface area contributed by atoms with Gasteiger partial charge in [-0.15, -0.1) is 0 Å². The van der Waals surface area contributed by atoms with E-state index in [4.69, 9.17) is 4.74 Å². The SMILES string of the molecule is Cc1ccc(C(C)C)c(OC2CCC(C)C(C)C2C)c1C. The van der Waals surface area contributed by atoms with E-state index in [9.17, 15) is 0 Å². The maximum Gasteiger partial charge on any atom is 0.126 e. The monoisotopic (exact) mass is 288 g/mol. The normalized spacial score (nSPS) is 29.7. The molecule has 0 radical (unpaired) electrons. The van der Waals surface area contributed by atoms with E-state index in [1.54, 1.807) is 0 Å². The Morgan fingerprint density at radius 2 is 1.67 bits per heavy atom. The minimum atomic E-state index is 0.370. The summed E-state index contributed by atoms with van der Waals surface area (Å²) in [5.41, 5.74) is 4.01. The Morgan fingerprint density at radius 1 is 1.00 bits per heavy atom. The lowest BCUT2D eigenvalue weighted by molar-refractivity contribution is 0.0401. The van der Waals surface area contributed by atoms with Crippen molar-refractivity contribution in [1.82, 2.24) is 0 Å². The molecule has 0 spiro atoms. The molecule has 4 unspecified atom stereocenters. The molecule has 0 aliphatic heterocycles. The lowest BCUT2D eigenvalue weighted by atomic mass is 9.73. The van der Waals surface area contributed by atoms with Gasteiger partial charge in [-0.25, -0.2) is 0 Å². The summed E-state index contributed by atoms with van der Waals surface area (Å²) in [4.78, 5) is 0. The highest BCUT2D eigenvalue weighted by Crippen LogP contribution is 2.39. The Balaban J connectivity index is 2.29. The molecule has 1 fully saturated rings. The molecule has 2 rings (SSSR count). The van der Waals surface area contributed by atoms with Crippen LogP contribution in [0.2, 0.25) is 0 Å². The average Bonchev–Trinajstić information content (AvgIpc) is 2.44. The highest BCUT2D eigenvalue weighted by atomic mass is 16.5. The maximum absolute atomic E-state index is 6.59. The lowest BCUT2D eigenvalue weighted by Crippen LogP contribution is -2.37. The number of rotatable bonds is 3. The quantitative estimate of drug-likeness (QED) is 0.675. The Labute approximate surface area is 131 Å².